The first kappa shape index (κ1) is 21.7. The first-order valence-electron chi connectivity index (χ1n) is 11.2. The van der Waals surface area contributed by atoms with E-state index in [0.29, 0.717) is 54.5 Å². The van der Waals surface area contributed by atoms with Gasteiger partial charge in [0, 0.05) is 37.2 Å². The molecule has 10 nitrogen and oxygen atoms in total. The number of ether oxygens (including phenoxy) is 2. The SMILES string of the molecule is NC(=O)C1CC(C(=O)N2CCC(C(=O)Nc3ccc4c(c3)OCO4)CC2)=NN1c1ccccc1. The van der Waals surface area contributed by atoms with Gasteiger partial charge in [0.1, 0.15) is 11.8 Å². The Hall–Kier alpha value is -4.08. The Morgan fingerprint density at radius 1 is 1.00 bits per heavy atom. The summed E-state index contributed by atoms with van der Waals surface area (Å²) in [5.74, 6) is 0.208. The van der Waals surface area contributed by atoms with Gasteiger partial charge in [0.15, 0.2) is 11.5 Å². The van der Waals surface area contributed by atoms with Crippen LogP contribution in [0, 0.1) is 5.92 Å². The van der Waals surface area contributed by atoms with E-state index < -0.39 is 11.9 Å². The summed E-state index contributed by atoms with van der Waals surface area (Å²) in [7, 11) is 0. The maximum atomic E-state index is 13.1. The summed E-state index contributed by atoms with van der Waals surface area (Å²) in [4.78, 5) is 39.5. The molecule has 2 aromatic rings. The minimum atomic E-state index is -0.702. The number of hydrazone groups is 1. The van der Waals surface area contributed by atoms with Gasteiger partial charge in [0.05, 0.1) is 5.69 Å². The molecule has 2 aromatic carbocycles. The lowest BCUT2D eigenvalue weighted by Gasteiger charge is -2.31. The number of rotatable bonds is 5. The Balaban J connectivity index is 1.19. The van der Waals surface area contributed by atoms with E-state index in [1.54, 1.807) is 23.1 Å². The van der Waals surface area contributed by atoms with Crippen molar-refractivity contribution in [1.29, 1.82) is 0 Å². The van der Waals surface area contributed by atoms with Crippen LogP contribution in [0.3, 0.4) is 0 Å². The monoisotopic (exact) mass is 463 g/mol. The number of nitrogens with zero attached hydrogens (tertiary/aromatic N) is 3. The number of carbonyl (C=O) groups is 3. The van der Waals surface area contributed by atoms with Crippen LogP contribution in [0.15, 0.2) is 53.6 Å². The summed E-state index contributed by atoms with van der Waals surface area (Å²) in [5, 5.41) is 8.87. The molecule has 0 spiro atoms. The number of carbonyl (C=O) groups excluding carboxylic acids is 3. The van der Waals surface area contributed by atoms with E-state index in [-0.39, 0.29) is 30.9 Å². The number of nitrogens with two attached hydrogens (primary N) is 1. The van der Waals surface area contributed by atoms with E-state index in [0.717, 1.165) is 0 Å². The number of hydrogen-bond donors (Lipinski definition) is 2. The second kappa shape index (κ2) is 9.05. The molecule has 3 amide bonds. The Morgan fingerprint density at radius 2 is 1.74 bits per heavy atom. The number of nitrogens with one attached hydrogen (secondary N) is 1. The number of anilines is 2. The first-order chi connectivity index (χ1) is 16.5. The van der Waals surface area contributed by atoms with Gasteiger partial charge in [-0.15, -0.1) is 0 Å². The molecule has 1 atom stereocenters. The van der Waals surface area contributed by atoms with Crippen LogP contribution < -0.4 is 25.5 Å². The van der Waals surface area contributed by atoms with Gasteiger partial charge >= 0.3 is 0 Å². The van der Waals surface area contributed by atoms with Gasteiger partial charge < -0.3 is 25.4 Å². The lowest BCUT2D eigenvalue weighted by atomic mass is 9.95. The molecule has 3 N–H and O–H groups in total. The van der Waals surface area contributed by atoms with Gasteiger partial charge in [-0.25, -0.2) is 0 Å². The van der Waals surface area contributed by atoms with Crippen LogP contribution in [0.1, 0.15) is 19.3 Å². The van der Waals surface area contributed by atoms with Crippen molar-refractivity contribution in [3.63, 3.8) is 0 Å². The van der Waals surface area contributed by atoms with E-state index in [9.17, 15) is 14.4 Å². The van der Waals surface area contributed by atoms with E-state index in [4.69, 9.17) is 15.2 Å². The average Bonchev–Trinajstić information content (AvgIpc) is 3.51. The van der Waals surface area contributed by atoms with Crippen LogP contribution in [0.5, 0.6) is 11.5 Å². The topological polar surface area (TPSA) is 127 Å². The van der Waals surface area contributed by atoms with Crippen LogP contribution >= 0.6 is 0 Å². The second-order valence-electron chi connectivity index (χ2n) is 8.47. The van der Waals surface area contributed by atoms with E-state index in [2.05, 4.69) is 10.4 Å². The summed E-state index contributed by atoms with van der Waals surface area (Å²) in [5.41, 5.74) is 7.22. The van der Waals surface area contributed by atoms with Gasteiger partial charge in [-0.05, 0) is 37.1 Å². The number of benzene rings is 2. The van der Waals surface area contributed by atoms with Crippen LogP contribution in [-0.4, -0.2) is 54.3 Å². The van der Waals surface area contributed by atoms with E-state index in [1.807, 2.05) is 30.3 Å². The molecule has 34 heavy (non-hydrogen) atoms. The zero-order chi connectivity index (χ0) is 23.7. The van der Waals surface area contributed by atoms with Crippen molar-refractivity contribution in [3.05, 3.63) is 48.5 Å². The van der Waals surface area contributed by atoms with Gasteiger partial charge in [-0.2, -0.15) is 5.10 Å². The summed E-state index contributed by atoms with van der Waals surface area (Å²) < 4.78 is 10.6. The smallest absolute Gasteiger partial charge is 0.270 e. The lowest BCUT2D eigenvalue weighted by molar-refractivity contribution is -0.128. The summed E-state index contributed by atoms with van der Waals surface area (Å²) in [6.45, 7) is 1.04. The number of amides is 3. The fourth-order valence-corrected chi connectivity index (χ4v) is 4.43. The molecule has 1 unspecified atom stereocenters. The number of primary amides is 1. The average molecular weight is 463 g/mol. The molecule has 1 saturated heterocycles. The molecule has 3 heterocycles. The molecule has 10 heteroatoms. The summed E-state index contributed by atoms with van der Waals surface area (Å²) in [6, 6.07) is 13.7. The highest BCUT2D eigenvalue weighted by Gasteiger charge is 2.37. The summed E-state index contributed by atoms with van der Waals surface area (Å²) >= 11 is 0. The van der Waals surface area contributed by atoms with Gasteiger partial charge in [0.2, 0.25) is 18.6 Å². The standard InChI is InChI=1S/C24H25N5O5/c25-22(30)19-13-18(27-29(19)17-4-2-1-3-5-17)24(32)28-10-8-15(9-11-28)23(31)26-16-6-7-20-21(12-16)34-14-33-20/h1-7,12,15,19H,8-11,13-14H2,(H2,25,30)(H,26,31). The highest BCUT2D eigenvalue weighted by molar-refractivity contribution is 6.40. The van der Waals surface area contributed by atoms with Gasteiger partial charge in [0.25, 0.3) is 5.91 Å². The second-order valence-corrected chi connectivity index (χ2v) is 8.47. The van der Waals surface area contributed by atoms with Crippen LogP contribution in [0.25, 0.3) is 0 Å². The third-order valence-electron chi connectivity index (χ3n) is 6.30. The summed E-state index contributed by atoms with van der Waals surface area (Å²) in [6.07, 6.45) is 1.24. The van der Waals surface area contributed by atoms with Crippen LogP contribution in [0.4, 0.5) is 11.4 Å². The number of para-hydroxylation sites is 1. The molecule has 0 saturated carbocycles. The van der Waals surface area contributed by atoms with Crippen molar-refractivity contribution in [2.75, 3.05) is 30.2 Å². The fraction of sp³-hybridized carbons (Fsp3) is 0.333. The predicted molar refractivity (Wildman–Crippen MR) is 124 cm³/mol. The molecule has 5 rings (SSSR count). The highest BCUT2D eigenvalue weighted by Crippen LogP contribution is 2.34. The molecule has 3 aliphatic heterocycles. The maximum Gasteiger partial charge on any atom is 0.270 e. The number of likely N-dealkylation sites (tertiary alicyclic amines) is 1. The molecule has 176 valence electrons. The van der Waals surface area contributed by atoms with Crippen molar-refractivity contribution >= 4 is 34.8 Å². The van der Waals surface area contributed by atoms with Crippen LogP contribution in [0.2, 0.25) is 0 Å². The Labute approximate surface area is 196 Å². The third-order valence-corrected chi connectivity index (χ3v) is 6.30. The van der Waals surface area contributed by atoms with Gasteiger partial charge in [-0.1, -0.05) is 18.2 Å². The molecular formula is C24H25N5O5. The van der Waals surface area contributed by atoms with Gasteiger partial charge in [-0.3, -0.25) is 19.4 Å². The number of hydrogen-bond acceptors (Lipinski definition) is 7. The van der Waals surface area contributed by atoms with E-state index in [1.165, 1.54) is 5.01 Å². The molecule has 0 aliphatic carbocycles. The largest absolute Gasteiger partial charge is 0.454 e. The van der Waals surface area contributed by atoms with Crippen molar-refractivity contribution in [2.24, 2.45) is 16.8 Å². The van der Waals surface area contributed by atoms with Crippen molar-refractivity contribution in [3.8, 4) is 11.5 Å². The van der Waals surface area contributed by atoms with E-state index >= 15 is 0 Å². The molecule has 1 fully saturated rings. The minimum absolute atomic E-state index is 0.0896. The maximum absolute atomic E-state index is 13.1. The molecule has 0 radical (unpaired) electrons. The Bertz CT molecular complexity index is 1140. The Kier molecular flexibility index (Phi) is 5.79. The number of piperidine rings is 1. The molecule has 0 bridgehead atoms. The predicted octanol–water partition coefficient (Wildman–Crippen LogP) is 1.71. The minimum Gasteiger partial charge on any atom is -0.454 e. The molecular weight excluding hydrogens is 438 g/mol. The van der Waals surface area contributed by atoms with Crippen molar-refractivity contribution in [2.45, 2.75) is 25.3 Å². The molecule has 3 aliphatic rings. The zero-order valence-electron chi connectivity index (χ0n) is 18.5. The highest BCUT2D eigenvalue weighted by atomic mass is 16.7. The quantitative estimate of drug-likeness (QED) is 0.695. The number of fused-ring (bicyclic) bond motifs is 1. The third kappa shape index (κ3) is 4.26. The Morgan fingerprint density at radius 3 is 2.47 bits per heavy atom. The fourth-order valence-electron chi connectivity index (χ4n) is 4.43. The first-order valence-corrected chi connectivity index (χ1v) is 11.2. The van der Waals surface area contributed by atoms with Crippen molar-refractivity contribution < 1.29 is 23.9 Å². The zero-order valence-corrected chi connectivity index (χ0v) is 18.5. The molecule has 0 aromatic heterocycles. The normalized spacial score (nSPS) is 19.6. The van der Waals surface area contributed by atoms with Crippen molar-refractivity contribution in [1.82, 2.24) is 4.90 Å². The van der Waals surface area contributed by atoms with Crippen LogP contribution in [-0.2, 0) is 14.4 Å². The lowest BCUT2D eigenvalue weighted by Crippen LogP contribution is -2.44.